The van der Waals surface area contributed by atoms with Crippen molar-refractivity contribution in [3.8, 4) is 0 Å². The third kappa shape index (κ3) is 11.6. The number of benzene rings is 6. The topological polar surface area (TPSA) is 61.4 Å². The Balaban J connectivity index is 1.23. The molecule has 0 radical (unpaired) electrons. The number of hydrogen-bond acceptors (Lipinski definition) is 3. The lowest BCUT2D eigenvalue weighted by atomic mass is 10.00. The van der Waals surface area contributed by atoms with E-state index in [4.69, 9.17) is 0 Å². The van der Waals surface area contributed by atoms with Gasteiger partial charge in [0.2, 0.25) is 0 Å². The van der Waals surface area contributed by atoms with Crippen LogP contribution in [0.1, 0.15) is 68.2 Å². The van der Waals surface area contributed by atoms with E-state index in [-0.39, 0.29) is 35.7 Å². The van der Waals surface area contributed by atoms with Crippen molar-refractivity contribution in [2.45, 2.75) is 59.5 Å². The Hall–Kier alpha value is -4.92. The average Bonchev–Trinajstić information content (AvgIpc) is 3.27. The van der Waals surface area contributed by atoms with Gasteiger partial charge in [-0.1, -0.05) is 199 Å². The molecule has 0 aromatic heterocycles. The molecule has 0 unspecified atom stereocenters. The van der Waals surface area contributed by atoms with Crippen LogP contribution in [0.15, 0.2) is 170 Å². The van der Waals surface area contributed by atoms with Crippen LogP contribution in [-0.2, 0) is 0 Å². The first-order chi connectivity index (χ1) is 28.7. The molecule has 6 aromatic carbocycles. The van der Waals surface area contributed by atoms with Crippen molar-refractivity contribution >= 4 is 59.5 Å². The van der Waals surface area contributed by atoms with Crippen LogP contribution in [-0.4, -0.2) is 48.4 Å². The van der Waals surface area contributed by atoms with E-state index in [2.05, 4.69) is 159 Å². The third-order valence-electron chi connectivity index (χ3n) is 10.8. The summed E-state index contributed by atoms with van der Waals surface area (Å²) < 4.78 is 0. The largest absolute Gasteiger partial charge is 0.348 e. The van der Waals surface area contributed by atoms with Crippen molar-refractivity contribution in [2.24, 2.45) is 11.8 Å². The summed E-state index contributed by atoms with van der Waals surface area (Å²) >= 11 is 0. The first-order valence-electron chi connectivity index (χ1n) is 21.1. The monoisotopic (exact) mass is 819 g/mol. The minimum Gasteiger partial charge on any atom is -0.348 e. The van der Waals surface area contributed by atoms with Gasteiger partial charge in [0.1, 0.15) is 0 Å². The highest BCUT2D eigenvalue weighted by Crippen LogP contribution is 2.35. The highest BCUT2D eigenvalue weighted by molar-refractivity contribution is 7.80. The molecule has 0 heterocycles. The van der Waals surface area contributed by atoms with Crippen LogP contribution >= 0.6 is 15.8 Å². The fourth-order valence-electron chi connectivity index (χ4n) is 7.42. The zero-order valence-electron chi connectivity index (χ0n) is 35.2. The standard InChI is InChI=1S/C52H59N3O2P2/c1-6-7-36-55(37-47(39(2)3)53-51(56)45-32-20-22-34-49(45)58(41-24-12-8-13-25-41)42-26-14-9-15-27-42)38-48(40(4)5)54-52(57)46-33-21-23-35-50(46)59(43-28-16-10-17-29-43)44-30-18-11-19-31-44/h8-35,39-40,47-48H,6-7,36-38H2,1-5H3,(H,53,56)(H,54,57)/t47-,48-/m1/s1. The lowest BCUT2D eigenvalue weighted by molar-refractivity contribution is 0.0885. The molecule has 0 aliphatic rings. The van der Waals surface area contributed by atoms with Crippen LogP contribution in [0.3, 0.4) is 0 Å². The number of nitrogens with one attached hydrogen (secondary N) is 2. The van der Waals surface area contributed by atoms with Gasteiger partial charge >= 0.3 is 0 Å². The molecule has 0 saturated carbocycles. The lowest BCUT2D eigenvalue weighted by Crippen LogP contribution is -2.52. The van der Waals surface area contributed by atoms with Crippen molar-refractivity contribution in [1.29, 1.82) is 0 Å². The Morgan fingerprint density at radius 1 is 0.475 bits per heavy atom. The molecule has 2 N–H and O–H groups in total. The van der Waals surface area contributed by atoms with Crippen molar-refractivity contribution in [3.05, 3.63) is 181 Å². The van der Waals surface area contributed by atoms with E-state index in [1.165, 1.54) is 21.2 Å². The Morgan fingerprint density at radius 3 is 1.08 bits per heavy atom. The Labute approximate surface area is 355 Å². The van der Waals surface area contributed by atoms with Crippen LogP contribution in [0.25, 0.3) is 0 Å². The maximum Gasteiger partial charge on any atom is 0.252 e. The second-order valence-corrected chi connectivity index (χ2v) is 20.2. The van der Waals surface area contributed by atoms with Gasteiger partial charge in [-0.15, -0.1) is 0 Å². The molecule has 0 bridgehead atoms. The second kappa shape index (κ2) is 21.9. The second-order valence-electron chi connectivity index (χ2n) is 15.8. The Bertz CT molecular complexity index is 1970. The van der Waals surface area contributed by atoms with Gasteiger partial charge in [0.15, 0.2) is 0 Å². The van der Waals surface area contributed by atoms with E-state index in [0.29, 0.717) is 24.2 Å². The summed E-state index contributed by atoms with van der Waals surface area (Å²) in [6.45, 7) is 13.2. The molecule has 0 aliphatic heterocycles. The van der Waals surface area contributed by atoms with Crippen molar-refractivity contribution in [2.75, 3.05) is 19.6 Å². The van der Waals surface area contributed by atoms with Crippen LogP contribution in [0.5, 0.6) is 0 Å². The molecule has 59 heavy (non-hydrogen) atoms. The average molecular weight is 820 g/mol. The number of amides is 2. The van der Waals surface area contributed by atoms with E-state index in [9.17, 15) is 9.59 Å². The number of hydrogen-bond donors (Lipinski definition) is 2. The summed E-state index contributed by atoms with van der Waals surface area (Å²) in [5.41, 5.74) is 1.43. The molecule has 6 rings (SSSR count). The lowest BCUT2D eigenvalue weighted by Gasteiger charge is -2.35. The summed E-state index contributed by atoms with van der Waals surface area (Å²) in [7, 11) is -1.91. The molecule has 7 heteroatoms. The number of rotatable bonds is 19. The number of carbonyl (C=O) groups excluding carboxylic acids is 2. The third-order valence-corrected chi connectivity index (χ3v) is 15.8. The minimum absolute atomic E-state index is 0.0484. The van der Waals surface area contributed by atoms with Crippen molar-refractivity contribution in [3.63, 3.8) is 0 Å². The minimum atomic E-state index is -0.955. The van der Waals surface area contributed by atoms with Gasteiger partial charge in [-0.2, -0.15) is 0 Å². The zero-order chi connectivity index (χ0) is 41.6. The molecule has 0 aliphatic carbocycles. The predicted octanol–water partition coefficient (Wildman–Crippen LogP) is 8.51. The predicted molar refractivity (Wildman–Crippen MR) is 254 cm³/mol. The van der Waals surface area contributed by atoms with E-state index in [1.54, 1.807) is 0 Å². The van der Waals surface area contributed by atoms with Crippen molar-refractivity contribution < 1.29 is 9.59 Å². The van der Waals surface area contributed by atoms with Gasteiger partial charge in [0.05, 0.1) is 0 Å². The van der Waals surface area contributed by atoms with Crippen LogP contribution in [0.2, 0.25) is 0 Å². The molecule has 2 atom stereocenters. The highest BCUT2D eigenvalue weighted by atomic mass is 31.1. The van der Waals surface area contributed by atoms with Gasteiger partial charge in [-0.3, -0.25) is 14.5 Å². The van der Waals surface area contributed by atoms with E-state index in [1.807, 2.05) is 60.7 Å². The van der Waals surface area contributed by atoms with E-state index in [0.717, 1.165) is 30.0 Å². The SMILES string of the molecule is CCCCN(C[C@@H](NC(=O)c1ccccc1P(c1ccccc1)c1ccccc1)C(C)C)C[C@@H](NC(=O)c1ccccc1P(c1ccccc1)c1ccccc1)C(C)C. The molecule has 304 valence electrons. The summed E-state index contributed by atoms with van der Waals surface area (Å²) in [6.07, 6.45) is 2.08. The van der Waals surface area contributed by atoms with Crippen LogP contribution in [0.4, 0.5) is 0 Å². The van der Waals surface area contributed by atoms with Gasteiger partial charge in [-0.05, 0) is 84.6 Å². The van der Waals surface area contributed by atoms with E-state index >= 15 is 0 Å². The summed E-state index contributed by atoms with van der Waals surface area (Å²) in [4.78, 5) is 31.4. The molecule has 5 nitrogen and oxygen atoms in total. The fraction of sp³-hybridized carbons (Fsp3) is 0.269. The molecule has 0 spiro atoms. The maximum absolute atomic E-state index is 14.5. The molecular formula is C52H59N3O2P2. The summed E-state index contributed by atoms with van der Waals surface area (Å²) in [6, 6.07) is 58.2. The van der Waals surface area contributed by atoms with Crippen LogP contribution in [0, 0.1) is 11.8 Å². The zero-order valence-corrected chi connectivity index (χ0v) is 37.0. The highest BCUT2D eigenvalue weighted by Gasteiger charge is 2.29. The normalized spacial score (nSPS) is 12.6. The number of unbranched alkanes of at least 4 members (excludes halogenated alkanes) is 1. The maximum atomic E-state index is 14.5. The Morgan fingerprint density at radius 2 is 0.780 bits per heavy atom. The summed E-state index contributed by atoms with van der Waals surface area (Å²) in [5, 5.41) is 13.9. The van der Waals surface area contributed by atoms with Crippen LogP contribution < -0.4 is 42.5 Å². The van der Waals surface area contributed by atoms with Gasteiger partial charge in [0, 0.05) is 36.3 Å². The molecule has 2 amide bonds. The first-order valence-corrected chi connectivity index (χ1v) is 23.8. The smallest absolute Gasteiger partial charge is 0.252 e. The number of carbonyl (C=O) groups is 2. The van der Waals surface area contributed by atoms with Crippen molar-refractivity contribution in [1.82, 2.24) is 15.5 Å². The first kappa shape index (κ1) is 43.7. The van der Waals surface area contributed by atoms with Gasteiger partial charge < -0.3 is 10.6 Å². The Kier molecular flexibility index (Phi) is 16.2. The van der Waals surface area contributed by atoms with E-state index < -0.39 is 15.8 Å². The fourth-order valence-corrected chi connectivity index (χ4v) is 12.3. The molecular weight excluding hydrogens is 761 g/mol. The molecule has 0 saturated heterocycles. The quantitative estimate of drug-likeness (QED) is 0.0807. The molecule has 0 fully saturated rings. The van der Waals surface area contributed by atoms with Gasteiger partial charge in [-0.25, -0.2) is 0 Å². The number of nitrogens with zero attached hydrogens (tertiary/aromatic N) is 1. The summed E-state index contributed by atoms with van der Waals surface area (Å²) in [5.74, 6) is 0.281. The van der Waals surface area contributed by atoms with Gasteiger partial charge in [0.25, 0.3) is 11.8 Å². The molecule has 6 aromatic rings.